The van der Waals surface area contributed by atoms with Gasteiger partial charge in [-0.15, -0.1) is 5.10 Å². The van der Waals surface area contributed by atoms with Crippen molar-refractivity contribution in [3.63, 3.8) is 0 Å². The largest absolute Gasteiger partial charge is 0.222 e. The maximum atomic E-state index is 11.4. The fourth-order valence-corrected chi connectivity index (χ4v) is 2.31. The smallest absolute Gasteiger partial charge is 0.199 e. The molecule has 0 aliphatic rings. The number of H-pyrrole nitrogens is 1. The summed E-state index contributed by atoms with van der Waals surface area (Å²) in [5, 5.41) is 9.25. The van der Waals surface area contributed by atoms with Crippen molar-refractivity contribution in [3.8, 4) is 0 Å². The SMILES string of the molecule is CC(C)CS(=O)(=O)c1cn[nH]n1. The minimum atomic E-state index is -3.22. The van der Waals surface area contributed by atoms with Gasteiger partial charge < -0.3 is 0 Å². The zero-order valence-electron chi connectivity index (χ0n) is 6.98. The normalized spacial score (nSPS) is 12.2. The van der Waals surface area contributed by atoms with Crippen LogP contribution < -0.4 is 0 Å². The molecule has 0 saturated carbocycles. The van der Waals surface area contributed by atoms with Crippen LogP contribution in [0.25, 0.3) is 0 Å². The van der Waals surface area contributed by atoms with E-state index >= 15 is 0 Å². The first kappa shape index (κ1) is 9.18. The molecular formula is C6H11N3O2S. The van der Waals surface area contributed by atoms with Gasteiger partial charge in [0.15, 0.2) is 14.9 Å². The minimum absolute atomic E-state index is 0.0243. The highest BCUT2D eigenvalue weighted by Gasteiger charge is 2.18. The first-order chi connectivity index (χ1) is 5.52. The van der Waals surface area contributed by atoms with Gasteiger partial charge in [-0.25, -0.2) is 8.42 Å². The van der Waals surface area contributed by atoms with Crippen LogP contribution in [0.1, 0.15) is 13.8 Å². The molecule has 1 N–H and O–H groups in total. The van der Waals surface area contributed by atoms with Crippen LogP contribution in [0, 0.1) is 5.92 Å². The van der Waals surface area contributed by atoms with Crippen LogP contribution in [-0.4, -0.2) is 29.6 Å². The Bertz CT molecular complexity index is 328. The zero-order chi connectivity index (χ0) is 9.19. The summed E-state index contributed by atoms with van der Waals surface area (Å²) in [6.45, 7) is 3.69. The molecule has 0 aromatic carbocycles. The molecule has 0 spiro atoms. The fourth-order valence-electron chi connectivity index (χ4n) is 0.865. The summed E-state index contributed by atoms with van der Waals surface area (Å²) in [5.41, 5.74) is 0. The Morgan fingerprint density at radius 1 is 1.58 bits per heavy atom. The molecule has 0 fully saturated rings. The van der Waals surface area contributed by atoms with Gasteiger partial charge in [-0.2, -0.15) is 10.3 Å². The highest BCUT2D eigenvalue weighted by atomic mass is 32.2. The van der Waals surface area contributed by atoms with Gasteiger partial charge in [0, 0.05) is 0 Å². The summed E-state index contributed by atoms with van der Waals surface area (Å²) in [6, 6.07) is 0. The van der Waals surface area contributed by atoms with E-state index in [0.29, 0.717) is 0 Å². The average molecular weight is 189 g/mol. The first-order valence-electron chi connectivity index (χ1n) is 3.61. The summed E-state index contributed by atoms with van der Waals surface area (Å²) in [5.74, 6) is 0.214. The van der Waals surface area contributed by atoms with Gasteiger partial charge in [0.2, 0.25) is 0 Å². The first-order valence-corrected chi connectivity index (χ1v) is 5.26. The summed E-state index contributed by atoms with van der Waals surface area (Å²) in [6.07, 6.45) is 1.22. The van der Waals surface area contributed by atoms with Crippen molar-refractivity contribution >= 4 is 9.84 Å². The molecule has 1 aromatic rings. The number of aromatic nitrogens is 3. The quantitative estimate of drug-likeness (QED) is 0.738. The molecule has 5 nitrogen and oxygen atoms in total. The Balaban J connectivity index is 2.88. The summed E-state index contributed by atoms with van der Waals surface area (Å²) in [7, 11) is -3.22. The van der Waals surface area contributed by atoms with Crippen LogP contribution in [0.15, 0.2) is 11.2 Å². The second-order valence-electron chi connectivity index (χ2n) is 2.98. The fraction of sp³-hybridized carbons (Fsp3) is 0.667. The summed E-state index contributed by atoms with van der Waals surface area (Å²) < 4.78 is 22.8. The van der Waals surface area contributed by atoms with E-state index in [9.17, 15) is 8.42 Å². The van der Waals surface area contributed by atoms with E-state index in [2.05, 4.69) is 15.4 Å². The molecular weight excluding hydrogens is 178 g/mol. The van der Waals surface area contributed by atoms with Gasteiger partial charge in [-0.05, 0) is 5.92 Å². The van der Waals surface area contributed by atoms with Crippen LogP contribution in [0.4, 0.5) is 0 Å². The lowest BCUT2D eigenvalue weighted by Crippen LogP contribution is -2.12. The topological polar surface area (TPSA) is 75.7 Å². The highest BCUT2D eigenvalue weighted by Crippen LogP contribution is 2.08. The standard InChI is InChI=1S/C6H11N3O2S/c1-5(2)4-12(10,11)6-3-7-9-8-6/h3,5H,4H2,1-2H3,(H,7,8,9). The molecule has 0 bridgehead atoms. The van der Waals surface area contributed by atoms with Crippen molar-refractivity contribution in [2.45, 2.75) is 18.9 Å². The van der Waals surface area contributed by atoms with E-state index in [0.717, 1.165) is 0 Å². The lowest BCUT2D eigenvalue weighted by Gasteiger charge is -2.02. The van der Waals surface area contributed by atoms with Crippen molar-refractivity contribution in [3.05, 3.63) is 6.20 Å². The molecule has 0 aliphatic heterocycles. The van der Waals surface area contributed by atoms with E-state index in [1.807, 2.05) is 13.8 Å². The van der Waals surface area contributed by atoms with Crippen molar-refractivity contribution in [2.75, 3.05) is 5.75 Å². The lowest BCUT2D eigenvalue weighted by molar-refractivity contribution is 0.578. The number of hydrogen-bond acceptors (Lipinski definition) is 4. The predicted molar refractivity (Wildman–Crippen MR) is 43.3 cm³/mol. The summed E-state index contributed by atoms with van der Waals surface area (Å²) in [4.78, 5) is 0. The van der Waals surface area contributed by atoms with Gasteiger partial charge in [-0.1, -0.05) is 13.8 Å². The third kappa shape index (κ3) is 2.04. The molecule has 0 unspecified atom stereocenters. The number of aromatic amines is 1. The molecule has 0 atom stereocenters. The van der Waals surface area contributed by atoms with E-state index < -0.39 is 9.84 Å². The number of rotatable bonds is 3. The average Bonchev–Trinajstić information content (AvgIpc) is 2.32. The van der Waals surface area contributed by atoms with E-state index in [4.69, 9.17) is 0 Å². The van der Waals surface area contributed by atoms with Gasteiger partial charge >= 0.3 is 0 Å². The van der Waals surface area contributed by atoms with Crippen molar-refractivity contribution in [2.24, 2.45) is 5.92 Å². The molecule has 68 valence electrons. The van der Waals surface area contributed by atoms with Gasteiger partial charge in [0.1, 0.15) is 0 Å². The highest BCUT2D eigenvalue weighted by molar-refractivity contribution is 7.91. The maximum Gasteiger partial charge on any atom is 0.199 e. The van der Waals surface area contributed by atoms with E-state index in [1.165, 1.54) is 6.20 Å². The Kier molecular flexibility index (Phi) is 2.46. The van der Waals surface area contributed by atoms with Crippen LogP contribution in [0.2, 0.25) is 0 Å². The number of hydrogen-bond donors (Lipinski definition) is 1. The Morgan fingerprint density at radius 3 is 2.67 bits per heavy atom. The minimum Gasteiger partial charge on any atom is -0.222 e. The van der Waals surface area contributed by atoms with Crippen LogP contribution >= 0.6 is 0 Å². The van der Waals surface area contributed by atoms with Crippen LogP contribution in [-0.2, 0) is 9.84 Å². The van der Waals surface area contributed by atoms with Crippen molar-refractivity contribution in [1.82, 2.24) is 15.4 Å². The van der Waals surface area contributed by atoms with Crippen molar-refractivity contribution in [1.29, 1.82) is 0 Å². The number of nitrogens with zero attached hydrogens (tertiary/aromatic N) is 2. The molecule has 1 aromatic heterocycles. The monoisotopic (exact) mass is 189 g/mol. The second-order valence-corrected chi connectivity index (χ2v) is 4.96. The van der Waals surface area contributed by atoms with Gasteiger partial charge in [-0.3, -0.25) is 0 Å². The third-order valence-electron chi connectivity index (χ3n) is 1.26. The molecule has 12 heavy (non-hydrogen) atoms. The Morgan fingerprint density at radius 2 is 2.25 bits per heavy atom. The van der Waals surface area contributed by atoms with Crippen LogP contribution in [0.3, 0.4) is 0 Å². The Labute approximate surface area is 71.1 Å². The van der Waals surface area contributed by atoms with Crippen LogP contribution in [0.5, 0.6) is 0 Å². The Hall–Kier alpha value is -0.910. The third-order valence-corrected chi connectivity index (χ3v) is 3.20. The lowest BCUT2D eigenvalue weighted by atomic mass is 10.3. The van der Waals surface area contributed by atoms with E-state index in [-0.39, 0.29) is 16.7 Å². The summed E-state index contributed by atoms with van der Waals surface area (Å²) >= 11 is 0. The predicted octanol–water partition coefficient (Wildman–Crippen LogP) is 0.234. The van der Waals surface area contributed by atoms with Gasteiger partial charge in [0.05, 0.1) is 11.9 Å². The number of sulfone groups is 1. The van der Waals surface area contributed by atoms with Crippen molar-refractivity contribution < 1.29 is 8.42 Å². The molecule has 1 rings (SSSR count). The molecule has 0 aliphatic carbocycles. The molecule has 0 saturated heterocycles. The second kappa shape index (κ2) is 3.22. The zero-order valence-corrected chi connectivity index (χ0v) is 7.80. The molecule has 1 heterocycles. The number of nitrogens with one attached hydrogen (secondary N) is 1. The van der Waals surface area contributed by atoms with Gasteiger partial charge in [0.25, 0.3) is 0 Å². The molecule has 0 radical (unpaired) electrons. The van der Waals surface area contributed by atoms with E-state index in [1.54, 1.807) is 0 Å². The maximum absolute atomic E-state index is 11.4. The molecule has 6 heteroatoms. The molecule has 0 amide bonds.